The fourth-order valence-corrected chi connectivity index (χ4v) is 4.74. The number of benzene rings is 1. The number of hydrogen-bond donors (Lipinski definition) is 2. The predicted octanol–water partition coefficient (Wildman–Crippen LogP) is 4.99. The van der Waals surface area contributed by atoms with Gasteiger partial charge in [0.05, 0.1) is 12.9 Å². The summed E-state index contributed by atoms with van der Waals surface area (Å²) in [5.74, 6) is -1.37. The maximum atomic E-state index is 12.5. The summed E-state index contributed by atoms with van der Waals surface area (Å²) in [6, 6.07) is 7.35. The third kappa shape index (κ3) is 13.3. The number of amides is 2. The second kappa shape index (κ2) is 15.7. The van der Waals surface area contributed by atoms with Gasteiger partial charge in [0, 0.05) is 11.7 Å². The predicted molar refractivity (Wildman–Crippen MR) is 130 cm³/mol. The van der Waals surface area contributed by atoms with Gasteiger partial charge in [0.1, 0.15) is 5.75 Å². The van der Waals surface area contributed by atoms with Crippen molar-refractivity contribution in [3.8, 4) is 0 Å². The molecule has 0 spiro atoms. The highest BCUT2D eigenvalue weighted by Gasteiger charge is 2.18. The van der Waals surface area contributed by atoms with Gasteiger partial charge in [0.25, 0.3) is 0 Å². The average Bonchev–Trinajstić information content (AvgIpc) is 2.74. The van der Waals surface area contributed by atoms with E-state index in [4.69, 9.17) is 0 Å². The maximum absolute atomic E-state index is 12.5. The molecule has 7 nitrogen and oxygen atoms in total. The Kier molecular flexibility index (Phi) is 13.7. The van der Waals surface area contributed by atoms with Gasteiger partial charge in [-0.3, -0.25) is 4.79 Å². The number of anilines is 1. The van der Waals surface area contributed by atoms with Gasteiger partial charge in [-0.05, 0) is 38.3 Å². The summed E-state index contributed by atoms with van der Waals surface area (Å²) in [4.78, 5) is 23.7. The van der Waals surface area contributed by atoms with Crippen LogP contribution >= 0.6 is 0 Å². The van der Waals surface area contributed by atoms with Crippen LogP contribution in [0.15, 0.2) is 24.3 Å². The van der Waals surface area contributed by atoms with Crippen LogP contribution in [0.2, 0.25) is 0 Å². The zero-order chi connectivity index (χ0) is 23.8. The van der Waals surface area contributed by atoms with Crippen LogP contribution in [0.25, 0.3) is 0 Å². The summed E-state index contributed by atoms with van der Waals surface area (Å²) in [5, 5.41) is 5.91. The van der Waals surface area contributed by atoms with Crippen molar-refractivity contribution in [1.82, 2.24) is 5.32 Å². The van der Waals surface area contributed by atoms with Crippen LogP contribution in [0.3, 0.4) is 0 Å². The molecule has 32 heavy (non-hydrogen) atoms. The van der Waals surface area contributed by atoms with Crippen molar-refractivity contribution in [1.29, 1.82) is 0 Å². The number of hydrogen-bond acceptors (Lipinski definition) is 5. The first-order valence-corrected chi connectivity index (χ1v) is 13.5. The first-order chi connectivity index (χ1) is 15.3. The van der Waals surface area contributed by atoms with Gasteiger partial charge in [0.2, 0.25) is 0 Å². The summed E-state index contributed by atoms with van der Waals surface area (Å²) in [7, 11) is -2.28. The number of nitrogens with one attached hydrogen (secondary N) is 2. The molecule has 0 aromatic heterocycles. The molecule has 0 aliphatic rings. The number of urea groups is 1. The number of sulfone groups is 1. The van der Waals surface area contributed by atoms with Gasteiger partial charge < -0.3 is 15.4 Å². The fraction of sp³-hybridized carbons (Fsp3) is 0.667. The molecule has 0 aliphatic heterocycles. The molecule has 0 aliphatic carbocycles. The Morgan fingerprint density at radius 1 is 0.938 bits per heavy atom. The standard InChI is InChI=1S/C24H40N2O5S/c1-4-5-6-7-8-9-12-21(13-10-11-18-32(29,30)19-23(27)31-3)25-24(28)26-22-16-14-20(2)15-17-22/h14-17,21H,4-13,18-19H2,1-3H3,(H2,25,26,28). The van der Waals surface area contributed by atoms with Crippen LogP contribution in [0.4, 0.5) is 10.5 Å². The Labute approximate surface area is 193 Å². The summed E-state index contributed by atoms with van der Waals surface area (Å²) in [6.45, 7) is 4.18. The van der Waals surface area contributed by atoms with Crippen LogP contribution in [-0.2, 0) is 19.4 Å². The molecule has 0 bridgehead atoms. The second-order valence-corrected chi connectivity index (χ2v) is 10.6. The van der Waals surface area contributed by atoms with Gasteiger partial charge in [-0.15, -0.1) is 0 Å². The van der Waals surface area contributed by atoms with Crippen molar-refractivity contribution in [3.63, 3.8) is 0 Å². The molecule has 0 saturated carbocycles. The van der Waals surface area contributed by atoms with E-state index in [-0.39, 0.29) is 17.8 Å². The molecule has 182 valence electrons. The van der Waals surface area contributed by atoms with Gasteiger partial charge in [-0.25, -0.2) is 13.2 Å². The zero-order valence-electron chi connectivity index (χ0n) is 19.8. The van der Waals surface area contributed by atoms with E-state index in [1.807, 2.05) is 31.2 Å². The molecular weight excluding hydrogens is 428 g/mol. The van der Waals surface area contributed by atoms with E-state index in [9.17, 15) is 18.0 Å². The van der Waals surface area contributed by atoms with E-state index in [0.29, 0.717) is 19.3 Å². The first kappa shape index (κ1) is 27.9. The number of methoxy groups -OCH3 is 1. The Morgan fingerprint density at radius 2 is 1.53 bits per heavy atom. The van der Waals surface area contributed by atoms with Crippen LogP contribution < -0.4 is 10.6 Å². The molecule has 2 N–H and O–H groups in total. The zero-order valence-corrected chi connectivity index (χ0v) is 20.6. The van der Waals surface area contributed by atoms with Crippen LogP contribution in [0.1, 0.15) is 76.7 Å². The molecule has 1 unspecified atom stereocenters. The topological polar surface area (TPSA) is 102 Å². The smallest absolute Gasteiger partial charge is 0.320 e. The Morgan fingerprint density at radius 3 is 2.16 bits per heavy atom. The van der Waals surface area contributed by atoms with E-state index in [1.54, 1.807) is 0 Å². The highest BCUT2D eigenvalue weighted by Crippen LogP contribution is 2.14. The summed E-state index contributed by atoms with van der Waals surface area (Å²) >= 11 is 0. The number of esters is 1. The normalized spacial score (nSPS) is 12.2. The highest BCUT2D eigenvalue weighted by molar-refractivity contribution is 7.92. The molecule has 1 aromatic rings. The molecule has 8 heteroatoms. The number of aryl methyl sites for hydroxylation is 1. The van der Waals surface area contributed by atoms with Crippen molar-refractivity contribution in [2.45, 2.75) is 84.1 Å². The van der Waals surface area contributed by atoms with Crippen molar-refractivity contribution in [3.05, 3.63) is 29.8 Å². The Bertz CT molecular complexity index is 778. The third-order valence-corrected chi connectivity index (χ3v) is 6.96. The minimum atomic E-state index is -3.46. The number of carbonyl (C=O) groups is 2. The fourth-order valence-electron chi connectivity index (χ4n) is 3.47. The third-order valence-electron chi connectivity index (χ3n) is 5.37. The van der Waals surface area contributed by atoms with E-state index in [0.717, 1.165) is 30.5 Å². The first-order valence-electron chi connectivity index (χ1n) is 11.7. The molecule has 0 radical (unpaired) electrons. The Hall–Kier alpha value is -2.09. The van der Waals surface area contributed by atoms with E-state index < -0.39 is 21.6 Å². The maximum Gasteiger partial charge on any atom is 0.320 e. The van der Waals surface area contributed by atoms with Crippen LogP contribution in [-0.4, -0.2) is 45.1 Å². The number of unbranched alkanes of at least 4 members (excludes halogenated alkanes) is 6. The van der Waals surface area contributed by atoms with Crippen molar-refractivity contribution in [2.24, 2.45) is 0 Å². The Balaban J connectivity index is 2.50. The van der Waals surface area contributed by atoms with Gasteiger partial charge >= 0.3 is 12.0 Å². The van der Waals surface area contributed by atoms with E-state index >= 15 is 0 Å². The lowest BCUT2D eigenvalue weighted by atomic mass is 10.0. The molecule has 0 fully saturated rings. The quantitative estimate of drug-likeness (QED) is 0.263. The summed E-state index contributed by atoms with van der Waals surface area (Å²) < 4.78 is 28.4. The number of ether oxygens (including phenoxy) is 1. The van der Waals surface area contributed by atoms with Crippen molar-refractivity contribution < 1.29 is 22.7 Å². The number of carbonyl (C=O) groups excluding carboxylic acids is 2. The second-order valence-electron chi connectivity index (χ2n) is 8.38. The molecule has 0 heterocycles. The molecule has 1 aromatic carbocycles. The molecule has 2 amide bonds. The lowest BCUT2D eigenvalue weighted by Crippen LogP contribution is -2.38. The molecule has 1 atom stereocenters. The average molecular weight is 469 g/mol. The molecule has 0 saturated heterocycles. The van der Waals surface area contributed by atoms with E-state index in [1.165, 1.54) is 32.8 Å². The van der Waals surface area contributed by atoms with Crippen molar-refractivity contribution in [2.75, 3.05) is 23.9 Å². The van der Waals surface area contributed by atoms with Gasteiger partial charge in [-0.1, -0.05) is 69.6 Å². The molecule has 1 rings (SSSR count). The SMILES string of the molecule is CCCCCCCCC(CCCCS(=O)(=O)CC(=O)OC)NC(=O)Nc1ccc(C)cc1. The van der Waals surface area contributed by atoms with E-state index in [2.05, 4.69) is 22.3 Å². The summed E-state index contributed by atoms with van der Waals surface area (Å²) in [5.41, 5.74) is 1.86. The minimum Gasteiger partial charge on any atom is -0.468 e. The van der Waals surface area contributed by atoms with Crippen LogP contribution in [0, 0.1) is 6.92 Å². The van der Waals surface area contributed by atoms with Gasteiger partial charge in [-0.2, -0.15) is 0 Å². The number of rotatable bonds is 16. The van der Waals surface area contributed by atoms with Crippen LogP contribution in [0.5, 0.6) is 0 Å². The lowest BCUT2D eigenvalue weighted by Gasteiger charge is -2.19. The monoisotopic (exact) mass is 468 g/mol. The summed E-state index contributed by atoms with van der Waals surface area (Å²) in [6.07, 6.45) is 9.72. The highest BCUT2D eigenvalue weighted by atomic mass is 32.2. The molecular formula is C24H40N2O5S. The minimum absolute atomic E-state index is 0.0186. The van der Waals surface area contributed by atoms with Crippen molar-refractivity contribution >= 4 is 27.5 Å². The largest absolute Gasteiger partial charge is 0.468 e. The lowest BCUT2D eigenvalue weighted by molar-refractivity contribution is -0.137. The van der Waals surface area contributed by atoms with Gasteiger partial charge in [0.15, 0.2) is 9.84 Å².